The SMILES string of the molecule is CCC(N)C(Oc1cncc(Br)c1)c1ccc(Br)cc1. The summed E-state index contributed by atoms with van der Waals surface area (Å²) < 4.78 is 7.96. The lowest BCUT2D eigenvalue weighted by atomic mass is 10.0. The number of halogens is 2. The molecular weight excluding hydrogens is 384 g/mol. The van der Waals surface area contributed by atoms with Crippen LogP contribution >= 0.6 is 31.9 Å². The number of nitrogens with zero attached hydrogens (tertiary/aromatic N) is 1. The van der Waals surface area contributed by atoms with Crippen molar-refractivity contribution in [3.8, 4) is 5.75 Å². The minimum atomic E-state index is -0.191. The van der Waals surface area contributed by atoms with Gasteiger partial charge in [-0.3, -0.25) is 4.98 Å². The average molecular weight is 400 g/mol. The van der Waals surface area contributed by atoms with Crippen LogP contribution < -0.4 is 10.5 Å². The number of pyridine rings is 1. The van der Waals surface area contributed by atoms with E-state index in [1.54, 1.807) is 12.4 Å². The topological polar surface area (TPSA) is 48.1 Å². The van der Waals surface area contributed by atoms with Crippen LogP contribution in [0.4, 0.5) is 0 Å². The molecule has 3 nitrogen and oxygen atoms in total. The summed E-state index contributed by atoms with van der Waals surface area (Å²) >= 11 is 6.83. The highest BCUT2D eigenvalue weighted by molar-refractivity contribution is 9.10. The molecule has 0 radical (unpaired) electrons. The van der Waals surface area contributed by atoms with Crippen molar-refractivity contribution in [3.05, 3.63) is 57.2 Å². The second kappa shape index (κ2) is 7.20. The van der Waals surface area contributed by atoms with Gasteiger partial charge in [0.2, 0.25) is 0 Å². The predicted molar refractivity (Wildman–Crippen MR) is 87.7 cm³/mol. The van der Waals surface area contributed by atoms with Crippen LogP contribution in [0, 0.1) is 0 Å². The van der Waals surface area contributed by atoms with Gasteiger partial charge in [0.25, 0.3) is 0 Å². The van der Waals surface area contributed by atoms with Gasteiger partial charge in [0.1, 0.15) is 11.9 Å². The molecule has 5 heteroatoms. The number of benzene rings is 1. The van der Waals surface area contributed by atoms with E-state index in [1.165, 1.54) is 0 Å². The Hall–Kier alpha value is -0.910. The molecule has 1 aromatic carbocycles. The van der Waals surface area contributed by atoms with E-state index < -0.39 is 0 Å². The number of rotatable bonds is 5. The molecule has 0 amide bonds. The summed E-state index contributed by atoms with van der Waals surface area (Å²) in [6, 6.07) is 9.85. The lowest BCUT2D eigenvalue weighted by molar-refractivity contribution is 0.170. The van der Waals surface area contributed by atoms with Gasteiger partial charge < -0.3 is 10.5 Å². The molecule has 0 saturated carbocycles. The molecule has 2 rings (SSSR count). The highest BCUT2D eigenvalue weighted by Crippen LogP contribution is 2.27. The third-order valence-corrected chi connectivity index (χ3v) is 3.96. The van der Waals surface area contributed by atoms with E-state index in [0.29, 0.717) is 5.75 Å². The van der Waals surface area contributed by atoms with Gasteiger partial charge in [0, 0.05) is 21.2 Å². The Balaban J connectivity index is 2.26. The molecule has 20 heavy (non-hydrogen) atoms. The maximum absolute atomic E-state index is 6.20. The molecule has 0 bridgehead atoms. The summed E-state index contributed by atoms with van der Waals surface area (Å²) in [5.74, 6) is 0.705. The number of aromatic nitrogens is 1. The maximum atomic E-state index is 6.20. The van der Waals surface area contributed by atoms with Crippen LogP contribution in [-0.4, -0.2) is 11.0 Å². The third-order valence-electron chi connectivity index (χ3n) is 3.00. The monoisotopic (exact) mass is 398 g/mol. The summed E-state index contributed by atoms with van der Waals surface area (Å²) in [5, 5.41) is 0. The predicted octanol–water partition coefficient (Wildman–Crippen LogP) is 4.46. The summed E-state index contributed by atoms with van der Waals surface area (Å²) in [6.07, 6.45) is 4.06. The molecule has 1 heterocycles. The fraction of sp³-hybridized carbons (Fsp3) is 0.267. The lowest BCUT2D eigenvalue weighted by Gasteiger charge is -2.24. The van der Waals surface area contributed by atoms with E-state index in [1.807, 2.05) is 30.3 Å². The first-order chi connectivity index (χ1) is 9.60. The van der Waals surface area contributed by atoms with E-state index in [4.69, 9.17) is 10.5 Å². The first-order valence-corrected chi connectivity index (χ1v) is 7.97. The van der Waals surface area contributed by atoms with Crippen LogP contribution in [0.5, 0.6) is 5.75 Å². The van der Waals surface area contributed by atoms with Crippen LogP contribution in [0.15, 0.2) is 51.7 Å². The molecule has 2 unspecified atom stereocenters. The van der Waals surface area contributed by atoms with Crippen LogP contribution in [0.1, 0.15) is 25.0 Å². The average Bonchev–Trinajstić information content (AvgIpc) is 2.45. The van der Waals surface area contributed by atoms with E-state index in [9.17, 15) is 0 Å². The lowest BCUT2D eigenvalue weighted by Crippen LogP contribution is -2.31. The standard InChI is InChI=1S/C15H16Br2N2O/c1-2-14(18)15(10-3-5-11(16)6-4-10)20-13-7-12(17)8-19-9-13/h3-9,14-15H,2,18H2,1H3. The van der Waals surface area contributed by atoms with Gasteiger partial charge in [-0.2, -0.15) is 0 Å². The second-order valence-electron chi connectivity index (χ2n) is 4.50. The number of nitrogens with two attached hydrogens (primary N) is 1. The highest BCUT2D eigenvalue weighted by Gasteiger charge is 2.20. The largest absolute Gasteiger partial charge is 0.482 e. The van der Waals surface area contributed by atoms with Gasteiger partial charge in [-0.15, -0.1) is 0 Å². The summed E-state index contributed by atoms with van der Waals surface area (Å²) in [4.78, 5) is 4.11. The van der Waals surface area contributed by atoms with Gasteiger partial charge in [0.05, 0.1) is 6.20 Å². The summed E-state index contributed by atoms with van der Waals surface area (Å²) in [7, 11) is 0. The van der Waals surface area contributed by atoms with Gasteiger partial charge in [-0.1, -0.05) is 35.0 Å². The summed E-state index contributed by atoms with van der Waals surface area (Å²) in [6.45, 7) is 2.05. The van der Waals surface area contributed by atoms with Crippen LogP contribution in [0.3, 0.4) is 0 Å². The van der Waals surface area contributed by atoms with E-state index in [0.717, 1.165) is 20.9 Å². The molecule has 2 N–H and O–H groups in total. The number of hydrogen-bond acceptors (Lipinski definition) is 3. The van der Waals surface area contributed by atoms with Crippen molar-refractivity contribution in [2.75, 3.05) is 0 Å². The fourth-order valence-electron chi connectivity index (χ4n) is 1.87. The maximum Gasteiger partial charge on any atom is 0.139 e. The first kappa shape index (κ1) is 15.5. The van der Waals surface area contributed by atoms with E-state index in [-0.39, 0.29) is 12.1 Å². The van der Waals surface area contributed by atoms with Crippen molar-refractivity contribution in [2.24, 2.45) is 5.73 Å². The minimum Gasteiger partial charge on any atom is -0.482 e. The first-order valence-electron chi connectivity index (χ1n) is 6.38. The zero-order valence-electron chi connectivity index (χ0n) is 11.1. The quantitative estimate of drug-likeness (QED) is 0.806. The molecule has 0 fully saturated rings. The number of ether oxygens (including phenoxy) is 1. The zero-order chi connectivity index (χ0) is 14.5. The summed E-state index contributed by atoms with van der Waals surface area (Å²) in [5.41, 5.74) is 7.26. The molecule has 0 aliphatic heterocycles. The van der Waals surface area contributed by atoms with Crippen molar-refractivity contribution in [3.63, 3.8) is 0 Å². The fourth-order valence-corrected chi connectivity index (χ4v) is 2.48. The third kappa shape index (κ3) is 4.04. The molecule has 2 aromatic rings. The molecular formula is C15H16Br2N2O. The van der Waals surface area contributed by atoms with Crippen molar-refractivity contribution < 1.29 is 4.74 Å². The normalized spacial score (nSPS) is 13.8. The van der Waals surface area contributed by atoms with Crippen molar-refractivity contribution >= 4 is 31.9 Å². The Labute approximate surface area is 135 Å². The molecule has 0 spiro atoms. The van der Waals surface area contributed by atoms with Crippen molar-refractivity contribution in [2.45, 2.75) is 25.5 Å². The van der Waals surface area contributed by atoms with E-state index in [2.05, 4.69) is 43.8 Å². The molecule has 1 aromatic heterocycles. The molecule has 0 aliphatic rings. The van der Waals surface area contributed by atoms with Gasteiger partial charge in [-0.05, 0) is 46.1 Å². The molecule has 0 aliphatic carbocycles. The molecule has 2 atom stereocenters. The van der Waals surface area contributed by atoms with Crippen molar-refractivity contribution in [1.82, 2.24) is 4.98 Å². The zero-order valence-corrected chi connectivity index (χ0v) is 14.3. The number of hydrogen-bond donors (Lipinski definition) is 1. The van der Waals surface area contributed by atoms with Gasteiger partial charge in [0.15, 0.2) is 0 Å². The Bertz CT molecular complexity index is 560. The second-order valence-corrected chi connectivity index (χ2v) is 6.33. The Kier molecular flexibility index (Phi) is 5.57. The minimum absolute atomic E-state index is 0.0739. The van der Waals surface area contributed by atoms with Crippen LogP contribution in [0.25, 0.3) is 0 Å². The Morgan fingerprint density at radius 3 is 2.45 bits per heavy atom. The van der Waals surface area contributed by atoms with Crippen LogP contribution in [-0.2, 0) is 0 Å². The molecule has 106 valence electrons. The van der Waals surface area contributed by atoms with Crippen LogP contribution in [0.2, 0.25) is 0 Å². The smallest absolute Gasteiger partial charge is 0.139 e. The Morgan fingerprint density at radius 1 is 1.15 bits per heavy atom. The highest BCUT2D eigenvalue weighted by atomic mass is 79.9. The van der Waals surface area contributed by atoms with Gasteiger partial charge in [-0.25, -0.2) is 0 Å². The van der Waals surface area contributed by atoms with Crippen molar-refractivity contribution in [1.29, 1.82) is 0 Å². The van der Waals surface area contributed by atoms with E-state index >= 15 is 0 Å². The Morgan fingerprint density at radius 2 is 1.85 bits per heavy atom. The molecule has 0 saturated heterocycles. The van der Waals surface area contributed by atoms with Gasteiger partial charge >= 0.3 is 0 Å².